The molecular weight excluding hydrogens is 298 g/mol. The Kier molecular flexibility index (Phi) is 5.01. The van der Waals surface area contributed by atoms with E-state index in [2.05, 4.69) is 0 Å². The summed E-state index contributed by atoms with van der Waals surface area (Å²) < 4.78 is 48.8. The molecule has 1 aromatic rings. The highest BCUT2D eigenvalue weighted by Gasteiger charge is 2.41. The van der Waals surface area contributed by atoms with Crippen molar-refractivity contribution in [3.63, 3.8) is 0 Å². The van der Waals surface area contributed by atoms with Crippen molar-refractivity contribution in [2.45, 2.75) is 18.6 Å². The number of hydrogen-bond donors (Lipinski definition) is 2. The van der Waals surface area contributed by atoms with Gasteiger partial charge in [-0.05, 0) is 24.3 Å². The molecule has 0 aliphatic heterocycles. The fraction of sp³-hybridized carbons (Fsp3) is 0.250. The van der Waals surface area contributed by atoms with Gasteiger partial charge >= 0.3 is 18.1 Å². The lowest BCUT2D eigenvalue weighted by molar-refractivity contribution is -0.175. The Bertz CT molecular complexity index is 553. The van der Waals surface area contributed by atoms with Crippen LogP contribution in [-0.2, 0) is 9.59 Å². The van der Waals surface area contributed by atoms with E-state index in [0.29, 0.717) is 0 Å². The predicted molar refractivity (Wildman–Crippen MR) is 61.0 cm³/mol. The van der Waals surface area contributed by atoms with Crippen molar-refractivity contribution in [3.8, 4) is 0 Å². The van der Waals surface area contributed by atoms with E-state index in [1.165, 1.54) is 5.32 Å². The first kappa shape index (κ1) is 16.6. The lowest BCUT2D eigenvalue weighted by atomic mass is 10.0. The van der Waals surface area contributed by atoms with Crippen LogP contribution in [0.3, 0.4) is 0 Å². The van der Waals surface area contributed by atoms with Crippen molar-refractivity contribution in [2.24, 2.45) is 0 Å². The minimum absolute atomic E-state index is 0.0797. The second kappa shape index (κ2) is 6.33. The molecule has 0 aliphatic rings. The van der Waals surface area contributed by atoms with Crippen LogP contribution >= 0.6 is 0 Å². The predicted octanol–water partition coefficient (Wildman–Crippen LogP) is 1.53. The molecule has 0 heterocycles. The second-order valence-electron chi connectivity index (χ2n) is 4.00. The molecule has 0 aliphatic carbocycles. The number of benzene rings is 1. The van der Waals surface area contributed by atoms with Crippen molar-refractivity contribution in [3.05, 3.63) is 35.6 Å². The number of carbonyl (C=O) groups excluding carboxylic acids is 2. The number of nitrogens with one attached hydrogen (secondary N) is 1. The van der Waals surface area contributed by atoms with E-state index in [0.717, 1.165) is 24.3 Å². The quantitative estimate of drug-likeness (QED) is 0.638. The van der Waals surface area contributed by atoms with E-state index < -0.39 is 42.1 Å². The molecule has 0 radical (unpaired) electrons. The average Bonchev–Trinajstić information content (AvgIpc) is 2.37. The molecular formula is C12H9F4NO4. The van der Waals surface area contributed by atoms with Gasteiger partial charge in [0.05, 0.1) is 0 Å². The fourth-order valence-corrected chi connectivity index (χ4v) is 1.38. The van der Waals surface area contributed by atoms with Gasteiger partial charge < -0.3 is 10.4 Å². The van der Waals surface area contributed by atoms with E-state index >= 15 is 0 Å². The third-order valence-electron chi connectivity index (χ3n) is 2.42. The Morgan fingerprint density at radius 3 is 2.10 bits per heavy atom. The number of amides is 1. The van der Waals surface area contributed by atoms with Crippen LogP contribution in [-0.4, -0.2) is 35.0 Å². The zero-order valence-corrected chi connectivity index (χ0v) is 10.3. The van der Waals surface area contributed by atoms with Gasteiger partial charge in [0.15, 0.2) is 5.78 Å². The van der Waals surface area contributed by atoms with Crippen molar-refractivity contribution in [2.75, 3.05) is 0 Å². The summed E-state index contributed by atoms with van der Waals surface area (Å²) >= 11 is 0. The van der Waals surface area contributed by atoms with Crippen molar-refractivity contribution < 1.29 is 37.1 Å². The Morgan fingerprint density at radius 2 is 1.67 bits per heavy atom. The molecule has 0 aromatic heterocycles. The van der Waals surface area contributed by atoms with Crippen LogP contribution < -0.4 is 5.32 Å². The number of ketones is 1. The summed E-state index contributed by atoms with van der Waals surface area (Å²) in [6.07, 6.45) is -6.14. The number of carboxylic acid groups (broad SMARTS) is 1. The number of halogens is 4. The molecule has 1 atom stereocenters. The Balaban J connectivity index is 2.79. The second-order valence-corrected chi connectivity index (χ2v) is 4.00. The number of hydrogen-bond acceptors (Lipinski definition) is 3. The minimum Gasteiger partial charge on any atom is -0.480 e. The summed E-state index contributed by atoms with van der Waals surface area (Å²) in [6, 6.07) is 1.97. The van der Waals surface area contributed by atoms with Crippen molar-refractivity contribution in [1.82, 2.24) is 5.32 Å². The maximum absolute atomic E-state index is 12.7. The van der Waals surface area contributed by atoms with Gasteiger partial charge in [0.1, 0.15) is 11.9 Å². The molecule has 1 amide bonds. The van der Waals surface area contributed by atoms with Gasteiger partial charge in [-0.2, -0.15) is 13.2 Å². The smallest absolute Gasteiger partial charge is 0.471 e. The van der Waals surface area contributed by atoms with E-state index in [4.69, 9.17) is 5.11 Å². The summed E-state index contributed by atoms with van der Waals surface area (Å²) in [5, 5.41) is 9.94. The van der Waals surface area contributed by atoms with Crippen molar-refractivity contribution in [1.29, 1.82) is 0 Å². The largest absolute Gasteiger partial charge is 0.480 e. The van der Waals surface area contributed by atoms with Crippen LogP contribution in [0.25, 0.3) is 0 Å². The summed E-state index contributed by atoms with van der Waals surface area (Å²) in [5.74, 6) is -5.72. The van der Waals surface area contributed by atoms with Gasteiger partial charge in [-0.25, -0.2) is 9.18 Å². The van der Waals surface area contributed by atoms with E-state index in [1.54, 1.807) is 0 Å². The van der Waals surface area contributed by atoms with Crippen LogP contribution in [0.2, 0.25) is 0 Å². The zero-order valence-electron chi connectivity index (χ0n) is 10.3. The lowest BCUT2D eigenvalue weighted by Gasteiger charge is -2.15. The average molecular weight is 307 g/mol. The molecule has 1 rings (SSSR count). The third-order valence-corrected chi connectivity index (χ3v) is 2.42. The van der Waals surface area contributed by atoms with Gasteiger partial charge in [0.2, 0.25) is 0 Å². The number of alkyl halides is 3. The normalized spacial score (nSPS) is 12.6. The molecule has 5 nitrogen and oxygen atoms in total. The van der Waals surface area contributed by atoms with Crippen LogP contribution in [0.15, 0.2) is 24.3 Å². The summed E-state index contributed by atoms with van der Waals surface area (Å²) in [7, 11) is 0. The van der Waals surface area contributed by atoms with Gasteiger partial charge in [0, 0.05) is 12.0 Å². The monoisotopic (exact) mass is 307 g/mol. The Hall–Kier alpha value is -2.45. The first-order chi connectivity index (χ1) is 9.61. The minimum atomic E-state index is -5.26. The van der Waals surface area contributed by atoms with Crippen LogP contribution in [0.5, 0.6) is 0 Å². The third kappa shape index (κ3) is 4.86. The van der Waals surface area contributed by atoms with Gasteiger partial charge in [-0.3, -0.25) is 9.59 Å². The number of carboxylic acids is 1. The molecule has 1 aromatic carbocycles. The molecule has 2 N–H and O–H groups in total. The van der Waals surface area contributed by atoms with Gasteiger partial charge in [-0.1, -0.05) is 0 Å². The van der Waals surface area contributed by atoms with Crippen LogP contribution in [0.1, 0.15) is 16.8 Å². The molecule has 114 valence electrons. The van der Waals surface area contributed by atoms with E-state index in [1.807, 2.05) is 0 Å². The van der Waals surface area contributed by atoms with Gasteiger partial charge in [-0.15, -0.1) is 0 Å². The Morgan fingerprint density at radius 1 is 1.14 bits per heavy atom. The standard InChI is InChI=1S/C12H9F4NO4/c13-7-3-1-6(2-4-7)9(18)5-8(10(19)20)17-11(21)12(14,15)16/h1-4,8H,5H2,(H,17,21)(H,19,20)/t8-/m0/s1. The highest BCUT2D eigenvalue weighted by atomic mass is 19.4. The van der Waals surface area contributed by atoms with Crippen molar-refractivity contribution >= 4 is 17.7 Å². The molecule has 0 bridgehead atoms. The molecule has 0 saturated carbocycles. The molecule has 0 spiro atoms. The molecule has 21 heavy (non-hydrogen) atoms. The molecule has 9 heteroatoms. The maximum atomic E-state index is 12.7. The zero-order chi connectivity index (χ0) is 16.2. The first-order valence-corrected chi connectivity index (χ1v) is 5.50. The van der Waals surface area contributed by atoms with E-state index in [9.17, 15) is 31.9 Å². The Labute approximate surface area is 115 Å². The lowest BCUT2D eigenvalue weighted by Crippen LogP contribution is -2.47. The van der Waals surface area contributed by atoms with Crippen LogP contribution in [0.4, 0.5) is 17.6 Å². The number of Topliss-reactive ketones (excluding diaryl/α,β-unsaturated/α-hetero) is 1. The summed E-state index contributed by atoms with van der Waals surface area (Å²) in [6.45, 7) is 0. The SMILES string of the molecule is O=C(C[C@H](NC(=O)C(F)(F)F)C(=O)O)c1ccc(F)cc1. The topological polar surface area (TPSA) is 83.5 Å². The number of rotatable bonds is 5. The van der Waals surface area contributed by atoms with E-state index in [-0.39, 0.29) is 5.56 Å². The van der Waals surface area contributed by atoms with Gasteiger partial charge in [0.25, 0.3) is 0 Å². The summed E-state index contributed by atoms with van der Waals surface area (Å²) in [5.41, 5.74) is -0.0797. The number of carbonyl (C=O) groups is 3. The first-order valence-electron chi connectivity index (χ1n) is 5.50. The highest BCUT2D eigenvalue weighted by molar-refractivity contribution is 5.99. The fourth-order valence-electron chi connectivity index (χ4n) is 1.38. The summed E-state index contributed by atoms with van der Waals surface area (Å²) in [4.78, 5) is 33.2. The van der Waals surface area contributed by atoms with Crippen LogP contribution in [0, 0.1) is 5.82 Å². The molecule has 0 fully saturated rings. The maximum Gasteiger partial charge on any atom is 0.471 e. The molecule has 0 saturated heterocycles. The number of aliphatic carboxylic acids is 1. The molecule has 0 unspecified atom stereocenters. The highest BCUT2D eigenvalue weighted by Crippen LogP contribution is 2.15.